The van der Waals surface area contributed by atoms with Crippen LogP contribution in [0.1, 0.15) is 13.3 Å². The molecule has 0 aliphatic heterocycles. The fourth-order valence-corrected chi connectivity index (χ4v) is 0.826. The summed E-state index contributed by atoms with van der Waals surface area (Å²) in [5.74, 6) is -0.00185. The third-order valence-electron chi connectivity index (χ3n) is 1.56. The number of Topliss-reactive ketones (excluding diaryl/α,β-unsaturated/α-hetero) is 1. The number of hydrogen-bond acceptors (Lipinski definition) is 4. The molecule has 0 N–H and O–H groups in total. The summed E-state index contributed by atoms with van der Waals surface area (Å²) in [5.41, 5.74) is -0.0936. The van der Waals surface area contributed by atoms with E-state index in [0.29, 0.717) is 6.42 Å². The van der Waals surface area contributed by atoms with Crippen LogP contribution in [0.25, 0.3) is 0 Å². The second-order valence-corrected chi connectivity index (χ2v) is 2.55. The Morgan fingerprint density at radius 2 is 2.46 bits per heavy atom. The third-order valence-corrected chi connectivity index (χ3v) is 1.56. The van der Waals surface area contributed by atoms with Crippen molar-refractivity contribution in [1.29, 1.82) is 0 Å². The van der Waals surface area contributed by atoms with Crippen LogP contribution in [0.4, 0.5) is 5.69 Å². The average Bonchev–Trinajstić information content (AvgIpc) is 2.52. The largest absolute Gasteiger partial charge is 0.307 e. The quantitative estimate of drug-likeness (QED) is 0.510. The monoisotopic (exact) mass is 183 g/mol. The number of rotatable bonds is 4. The molecule has 0 bridgehead atoms. The van der Waals surface area contributed by atoms with E-state index in [1.165, 1.54) is 10.9 Å². The van der Waals surface area contributed by atoms with Gasteiger partial charge < -0.3 is 0 Å². The van der Waals surface area contributed by atoms with Crippen molar-refractivity contribution in [3.8, 4) is 0 Å². The molecule has 0 saturated carbocycles. The van der Waals surface area contributed by atoms with Crippen molar-refractivity contribution in [2.45, 2.75) is 19.9 Å². The predicted octanol–water partition coefficient (Wildman–Crippen LogP) is 0.770. The Morgan fingerprint density at radius 1 is 1.77 bits per heavy atom. The molecule has 1 aromatic heterocycles. The van der Waals surface area contributed by atoms with E-state index in [1.807, 2.05) is 0 Å². The molecule has 70 valence electrons. The molecule has 13 heavy (non-hydrogen) atoms. The van der Waals surface area contributed by atoms with E-state index < -0.39 is 4.92 Å². The molecule has 1 heterocycles. The molecule has 6 nitrogen and oxygen atoms in total. The summed E-state index contributed by atoms with van der Waals surface area (Å²) in [5, 5.41) is 13.9. The minimum atomic E-state index is -0.542. The van der Waals surface area contributed by atoms with Crippen LogP contribution in [0.2, 0.25) is 0 Å². The van der Waals surface area contributed by atoms with Gasteiger partial charge >= 0.3 is 5.69 Å². The molecule has 0 spiro atoms. The lowest BCUT2D eigenvalue weighted by Crippen LogP contribution is -2.08. The van der Waals surface area contributed by atoms with Crippen molar-refractivity contribution in [3.63, 3.8) is 0 Å². The first kappa shape index (κ1) is 9.37. The van der Waals surface area contributed by atoms with Crippen LogP contribution in [0.15, 0.2) is 12.4 Å². The van der Waals surface area contributed by atoms with E-state index in [-0.39, 0.29) is 18.0 Å². The van der Waals surface area contributed by atoms with Crippen LogP contribution in [-0.2, 0) is 11.3 Å². The highest BCUT2D eigenvalue weighted by Gasteiger charge is 2.09. The first-order valence-electron chi connectivity index (χ1n) is 3.82. The number of carbonyl (C=O) groups excluding carboxylic acids is 1. The summed E-state index contributed by atoms with van der Waals surface area (Å²) in [7, 11) is 0. The summed E-state index contributed by atoms with van der Waals surface area (Å²) < 4.78 is 1.27. The van der Waals surface area contributed by atoms with Gasteiger partial charge in [-0.25, -0.2) is 0 Å². The smallest absolute Gasteiger partial charge is 0.298 e. The topological polar surface area (TPSA) is 78.0 Å². The highest BCUT2D eigenvalue weighted by molar-refractivity contribution is 5.77. The van der Waals surface area contributed by atoms with Gasteiger partial charge in [0.25, 0.3) is 0 Å². The number of nitrogens with zero attached hydrogens (tertiary/aromatic N) is 3. The Kier molecular flexibility index (Phi) is 2.73. The van der Waals surface area contributed by atoms with Crippen LogP contribution < -0.4 is 0 Å². The second kappa shape index (κ2) is 3.79. The van der Waals surface area contributed by atoms with Crippen molar-refractivity contribution in [1.82, 2.24) is 9.78 Å². The highest BCUT2D eigenvalue weighted by atomic mass is 16.6. The molecule has 0 fully saturated rings. The molecule has 0 atom stereocenters. The number of carbonyl (C=O) groups is 1. The van der Waals surface area contributed by atoms with Crippen LogP contribution in [0, 0.1) is 10.1 Å². The van der Waals surface area contributed by atoms with Gasteiger partial charge in [0.15, 0.2) is 5.78 Å². The Bertz CT molecular complexity index is 331. The minimum absolute atomic E-state index is 0.00185. The molecule has 0 saturated heterocycles. The summed E-state index contributed by atoms with van der Waals surface area (Å²) in [6.07, 6.45) is 2.78. The molecule has 0 radical (unpaired) electrons. The van der Waals surface area contributed by atoms with Gasteiger partial charge in [-0.3, -0.25) is 19.6 Å². The van der Waals surface area contributed by atoms with Gasteiger partial charge in [0, 0.05) is 6.42 Å². The predicted molar refractivity (Wildman–Crippen MR) is 44.2 cm³/mol. The number of hydrogen-bond donors (Lipinski definition) is 0. The van der Waals surface area contributed by atoms with Gasteiger partial charge in [-0.15, -0.1) is 0 Å². The van der Waals surface area contributed by atoms with Gasteiger partial charge in [0.05, 0.1) is 11.5 Å². The van der Waals surface area contributed by atoms with Crippen LogP contribution >= 0.6 is 0 Å². The molecule has 0 aliphatic carbocycles. The lowest BCUT2D eigenvalue weighted by Gasteiger charge is -1.95. The van der Waals surface area contributed by atoms with E-state index in [2.05, 4.69) is 5.10 Å². The minimum Gasteiger partial charge on any atom is -0.298 e. The SMILES string of the molecule is CCC(=O)Cn1cc([N+](=O)[O-])cn1. The molecule has 0 aliphatic rings. The van der Waals surface area contributed by atoms with E-state index in [1.54, 1.807) is 6.92 Å². The molecular weight excluding hydrogens is 174 g/mol. The number of aromatic nitrogens is 2. The van der Waals surface area contributed by atoms with Crippen LogP contribution in [-0.4, -0.2) is 20.5 Å². The maximum Gasteiger partial charge on any atom is 0.307 e. The Morgan fingerprint density at radius 3 is 2.92 bits per heavy atom. The summed E-state index contributed by atoms with van der Waals surface area (Å²) in [6.45, 7) is 1.84. The second-order valence-electron chi connectivity index (χ2n) is 2.55. The molecule has 1 aromatic rings. The first-order valence-corrected chi connectivity index (χ1v) is 3.82. The first-order chi connectivity index (χ1) is 6.13. The molecule has 0 unspecified atom stereocenters. The van der Waals surface area contributed by atoms with Crippen molar-refractivity contribution >= 4 is 11.5 Å². The zero-order chi connectivity index (χ0) is 9.84. The normalized spacial score (nSPS) is 9.92. The summed E-state index contributed by atoms with van der Waals surface area (Å²) in [4.78, 5) is 20.6. The van der Waals surface area contributed by atoms with E-state index >= 15 is 0 Å². The third kappa shape index (κ3) is 2.36. The van der Waals surface area contributed by atoms with Gasteiger partial charge in [0.2, 0.25) is 0 Å². The summed E-state index contributed by atoms with van der Waals surface area (Å²) in [6, 6.07) is 0. The lowest BCUT2D eigenvalue weighted by molar-refractivity contribution is -0.385. The molecule has 1 rings (SSSR count). The number of nitro groups is 1. The maximum atomic E-state index is 10.9. The van der Waals surface area contributed by atoms with Gasteiger partial charge in [-0.1, -0.05) is 6.92 Å². The number of ketones is 1. The zero-order valence-corrected chi connectivity index (χ0v) is 7.14. The van der Waals surface area contributed by atoms with Gasteiger partial charge in [-0.2, -0.15) is 5.10 Å². The Hall–Kier alpha value is -1.72. The van der Waals surface area contributed by atoms with Gasteiger partial charge in [-0.05, 0) is 0 Å². The molecule has 6 heteroatoms. The zero-order valence-electron chi connectivity index (χ0n) is 7.14. The maximum absolute atomic E-state index is 10.9. The van der Waals surface area contributed by atoms with E-state index in [4.69, 9.17) is 0 Å². The van der Waals surface area contributed by atoms with Crippen LogP contribution in [0.5, 0.6) is 0 Å². The van der Waals surface area contributed by atoms with Crippen molar-refractivity contribution in [2.24, 2.45) is 0 Å². The highest BCUT2D eigenvalue weighted by Crippen LogP contribution is 2.07. The summed E-state index contributed by atoms with van der Waals surface area (Å²) >= 11 is 0. The molecule has 0 amide bonds. The van der Waals surface area contributed by atoms with Crippen molar-refractivity contribution < 1.29 is 9.72 Å². The van der Waals surface area contributed by atoms with E-state index in [9.17, 15) is 14.9 Å². The van der Waals surface area contributed by atoms with E-state index in [0.717, 1.165) is 6.20 Å². The average molecular weight is 183 g/mol. The lowest BCUT2D eigenvalue weighted by atomic mass is 10.3. The molecule has 0 aromatic carbocycles. The van der Waals surface area contributed by atoms with Crippen molar-refractivity contribution in [3.05, 3.63) is 22.5 Å². The fraction of sp³-hybridized carbons (Fsp3) is 0.429. The standard InChI is InChI=1S/C7H9N3O3/c1-2-7(11)5-9-4-6(3-8-9)10(12)13/h3-4H,2,5H2,1H3. The Balaban J connectivity index is 2.69. The van der Waals surface area contributed by atoms with Gasteiger partial charge in [0.1, 0.15) is 12.4 Å². The fourth-order valence-electron chi connectivity index (χ4n) is 0.826. The Labute approximate surface area is 74.3 Å². The molecular formula is C7H9N3O3. The van der Waals surface area contributed by atoms with Crippen LogP contribution in [0.3, 0.4) is 0 Å². The van der Waals surface area contributed by atoms with Crippen molar-refractivity contribution in [2.75, 3.05) is 0 Å².